The SMILES string of the molecule is Cc1ccc(CN2Cc3ccnn3C[C@@H](CNc3ccccn3)C2)o1. The maximum atomic E-state index is 5.77. The number of nitrogens with one attached hydrogen (secondary N) is 1. The van der Waals surface area contributed by atoms with E-state index in [1.807, 2.05) is 43.6 Å². The Balaban J connectivity index is 1.47. The summed E-state index contributed by atoms with van der Waals surface area (Å²) >= 11 is 0. The van der Waals surface area contributed by atoms with Crippen LogP contribution in [0.15, 0.2) is 53.2 Å². The standard InChI is InChI=1S/C19H23N5O/c1-15-5-6-18(25-15)14-23-11-16(10-21-19-4-2-3-8-20-19)12-24-17(13-23)7-9-22-24/h2-9,16H,10-14H2,1H3,(H,20,21)/t16-/m0/s1. The molecule has 130 valence electrons. The van der Waals surface area contributed by atoms with Crippen LogP contribution in [-0.4, -0.2) is 32.8 Å². The van der Waals surface area contributed by atoms with Crippen molar-refractivity contribution < 1.29 is 4.42 Å². The molecule has 0 radical (unpaired) electrons. The lowest BCUT2D eigenvalue weighted by atomic mass is 10.1. The Kier molecular flexibility index (Phi) is 4.52. The Labute approximate surface area is 147 Å². The Bertz CT molecular complexity index is 810. The maximum absolute atomic E-state index is 5.77. The first-order chi connectivity index (χ1) is 12.3. The minimum atomic E-state index is 0.444. The summed E-state index contributed by atoms with van der Waals surface area (Å²) in [6, 6.07) is 12.1. The van der Waals surface area contributed by atoms with Crippen molar-refractivity contribution in [1.82, 2.24) is 19.7 Å². The van der Waals surface area contributed by atoms with Gasteiger partial charge in [0, 0.05) is 44.5 Å². The van der Waals surface area contributed by atoms with E-state index in [4.69, 9.17) is 4.42 Å². The molecule has 1 aliphatic rings. The van der Waals surface area contributed by atoms with Gasteiger partial charge in [-0.1, -0.05) is 6.07 Å². The number of nitrogens with zero attached hydrogens (tertiary/aromatic N) is 4. The molecule has 0 aromatic carbocycles. The van der Waals surface area contributed by atoms with Crippen molar-refractivity contribution in [3.63, 3.8) is 0 Å². The quantitative estimate of drug-likeness (QED) is 0.776. The number of furan rings is 1. The van der Waals surface area contributed by atoms with Crippen LogP contribution in [0.2, 0.25) is 0 Å². The molecule has 0 unspecified atom stereocenters. The molecule has 3 aromatic rings. The van der Waals surface area contributed by atoms with Crippen molar-refractivity contribution in [2.75, 3.05) is 18.4 Å². The first kappa shape index (κ1) is 15.9. The zero-order valence-electron chi connectivity index (χ0n) is 14.4. The number of aryl methyl sites for hydroxylation is 1. The molecule has 1 atom stereocenters. The fourth-order valence-electron chi connectivity index (χ4n) is 3.38. The number of rotatable bonds is 5. The molecule has 0 bridgehead atoms. The topological polar surface area (TPSA) is 59.1 Å². The molecule has 0 saturated heterocycles. The van der Waals surface area contributed by atoms with Crippen LogP contribution in [-0.2, 0) is 19.6 Å². The molecule has 4 rings (SSSR count). The average molecular weight is 337 g/mol. The van der Waals surface area contributed by atoms with Gasteiger partial charge in [0.1, 0.15) is 17.3 Å². The highest BCUT2D eigenvalue weighted by Crippen LogP contribution is 2.19. The lowest BCUT2D eigenvalue weighted by Crippen LogP contribution is -2.31. The van der Waals surface area contributed by atoms with Crippen LogP contribution in [0.25, 0.3) is 0 Å². The summed E-state index contributed by atoms with van der Waals surface area (Å²) in [6.07, 6.45) is 3.70. The van der Waals surface area contributed by atoms with Crippen LogP contribution in [0.5, 0.6) is 0 Å². The lowest BCUT2D eigenvalue weighted by Gasteiger charge is -2.23. The number of pyridine rings is 1. The van der Waals surface area contributed by atoms with Gasteiger partial charge in [0.15, 0.2) is 0 Å². The number of hydrogen-bond donors (Lipinski definition) is 1. The fraction of sp³-hybridized carbons (Fsp3) is 0.368. The van der Waals surface area contributed by atoms with Crippen LogP contribution >= 0.6 is 0 Å². The molecular weight excluding hydrogens is 314 g/mol. The second-order valence-electron chi connectivity index (χ2n) is 6.65. The molecule has 0 aliphatic carbocycles. The van der Waals surface area contributed by atoms with Gasteiger partial charge in [-0.15, -0.1) is 0 Å². The summed E-state index contributed by atoms with van der Waals surface area (Å²) in [7, 11) is 0. The first-order valence-corrected chi connectivity index (χ1v) is 8.69. The highest BCUT2D eigenvalue weighted by Gasteiger charge is 2.23. The molecule has 0 amide bonds. The van der Waals surface area contributed by atoms with E-state index in [1.54, 1.807) is 0 Å². The molecule has 1 aliphatic heterocycles. The van der Waals surface area contributed by atoms with Crippen LogP contribution < -0.4 is 5.32 Å². The summed E-state index contributed by atoms with van der Waals surface area (Å²) in [5, 5.41) is 7.94. The Morgan fingerprint density at radius 1 is 1.16 bits per heavy atom. The van der Waals surface area contributed by atoms with Crippen LogP contribution in [0.3, 0.4) is 0 Å². The van der Waals surface area contributed by atoms with Crippen LogP contribution in [0.1, 0.15) is 17.2 Å². The van der Waals surface area contributed by atoms with Crippen LogP contribution in [0, 0.1) is 12.8 Å². The van der Waals surface area contributed by atoms with Gasteiger partial charge in [0.2, 0.25) is 0 Å². The monoisotopic (exact) mass is 337 g/mol. The van der Waals surface area contributed by atoms with Gasteiger partial charge in [-0.3, -0.25) is 9.58 Å². The summed E-state index contributed by atoms with van der Waals surface area (Å²) < 4.78 is 7.89. The van der Waals surface area contributed by atoms with Gasteiger partial charge in [-0.25, -0.2) is 4.98 Å². The molecule has 0 fully saturated rings. The summed E-state index contributed by atoms with van der Waals surface area (Å²) in [5.74, 6) is 3.34. The molecule has 25 heavy (non-hydrogen) atoms. The zero-order valence-corrected chi connectivity index (χ0v) is 14.4. The Morgan fingerprint density at radius 3 is 2.92 bits per heavy atom. The molecule has 0 saturated carbocycles. The smallest absolute Gasteiger partial charge is 0.125 e. The van der Waals surface area contributed by atoms with Crippen molar-refractivity contribution in [1.29, 1.82) is 0 Å². The zero-order chi connectivity index (χ0) is 17.1. The summed E-state index contributed by atoms with van der Waals surface area (Å²) in [4.78, 5) is 6.78. The van der Waals surface area contributed by atoms with E-state index in [9.17, 15) is 0 Å². The van der Waals surface area contributed by atoms with Gasteiger partial charge < -0.3 is 9.73 Å². The van der Waals surface area contributed by atoms with Gasteiger partial charge in [-0.2, -0.15) is 5.10 Å². The van der Waals surface area contributed by atoms with Crippen molar-refractivity contribution in [2.45, 2.75) is 26.6 Å². The molecule has 6 nitrogen and oxygen atoms in total. The molecule has 1 N–H and O–H groups in total. The van der Waals surface area contributed by atoms with Crippen molar-refractivity contribution >= 4 is 5.82 Å². The van der Waals surface area contributed by atoms with E-state index in [0.29, 0.717) is 5.92 Å². The largest absolute Gasteiger partial charge is 0.465 e. The highest BCUT2D eigenvalue weighted by atomic mass is 16.3. The molecule has 4 heterocycles. The minimum absolute atomic E-state index is 0.444. The number of fused-ring (bicyclic) bond motifs is 1. The number of anilines is 1. The normalized spacial score (nSPS) is 17.9. The van der Waals surface area contributed by atoms with Crippen molar-refractivity contribution in [3.8, 4) is 0 Å². The van der Waals surface area contributed by atoms with Gasteiger partial charge in [-0.05, 0) is 37.3 Å². The Hall–Kier alpha value is -2.60. The number of aromatic nitrogens is 3. The first-order valence-electron chi connectivity index (χ1n) is 8.69. The maximum Gasteiger partial charge on any atom is 0.125 e. The van der Waals surface area contributed by atoms with E-state index < -0.39 is 0 Å². The van der Waals surface area contributed by atoms with E-state index in [-0.39, 0.29) is 0 Å². The predicted octanol–water partition coefficient (Wildman–Crippen LogP) is 2.92. The highest BCUT2D eigenvalue weighted by molar-refractivity contribution is 5.33. The van der Waals surface area contributed by atoms with Gasteiger partial charge in [0.05, 0.1) is 12.2 Å². The average Bonchev–Trinajstić information content (AvgIpc) is 3.19. The fourth-order valence-corrected chi connectivity index (χ4v) is 3.38. The minimum Gasteiger partial charge on any atom is -0.465 e. The predicted molar refractivity (Wildman–Crippen MR) is 96.0 cm³/mol. The van der Waals surface area contributed by atoms with Crippen molar-refractivity contribution in [2.24, 2.45) is 5.92 Å². The lowest BCUT2D eigenvalue weighted by molar-refractivity contribution is 0.208. The molecular formula is C19H23N5O. The van der Waals surface area contributed by atoms with E-state index in [2.05, 4.69) is 37.1 Å². The van der Waals surface area contributed by atoms with E-state index in [0.717, 1.165) is 50.1 Å². The molecule has 3 aromatic heterocycles. The van der Waals surface area contributed by atoms with E-state index in [1.165, 1.54) is 5.69 Å². The summed E-state index contributed by atoms with van der Waals surface area (Å²) in [5.41, 5.74) is 1.25. The summed E-state index contributed by atoms with van der Waals surface area (Å²) in [6.45, 7) is 6.46. The van der Waals surface area contributed by atoms with Crippen molar-refractivity contribution in [3.05, 3.63) is 66.0 Å². The third-order valence-corrected chi connectivity index (χ3v) is 4.55. The Morgan fingerprint density at radius 2 is 2.12 bits per heavy atom. The molecule has 6 heteroatoms. The van der Waals surface area contributed by atoms with Gasteiger partial charge in [0.25, 0.3) is 0 Å². The third kappa shape index (κ3) is 3.91. The molecule has 0 spiro atoms. The number of hydrogen-bond acceptors (Lipinski definition) is 5. The van der Waals surface area contributed by atoms with E-state index >= 15 is 0 Å². The second kappa shape index (κ2) is 7.11. The van der Waals surface area contributed by atoms with Crippen LogP contribution in [0.4, 0.5) is 5.82 Å². The van der Waals surface area contributed by atoms with Gasteiger partial charge >= 0.3 is 0 Å². The third-order valence-electron chi connectivity index (χ3n) is 4.55. The second-order valence-corrected chi connectivity index (χ2v) is 6.65.